The second kappa shape index (κ2) is 7.29. The molecule has 1 N–H and O–H groups in total. The van der Waals surface area contributed by atoms with Crippen LogP contribution >= 0.6 is 15.9 Å². The molecule has 2 rings (SSSR count). The van der Waals surface area contributed by atoms with E-state index in [1.54, 1.807) is 14.2 Å². The normalized spacial score (nSPS) is 20.5. The van der Waals surface area contributed by atoms with Gasteiger partial charge in [-0.05, 0) is 54.4 Å². The lowest BCUT2D eigenvalue weighted by atomic mass is 9.95. The zero-order chi connectivity index (χ0) is 14.5. The summed E-state index contributed by atoms with van der Waals surface area (Å²) < 4.78 is 17.7. The van der Waals surface area contributed by atoms with Crippen molar-refractivity contribution in [3.63, 3.8) is 0 Å². The summed E-state index contributed by atoms with van der Waals surface area (Å²) in [7, 11) is 5.31. The van der Waals surface area contributed by atoms with Crippen LogP contribution in [0.3, 0.4) is 0 Å². The van der Waals surface area contributed by atoms with E-state index >= 15 is 0 Å². The molecule has 5 heteroatoms. The van der Waals surface area contributed by atoms with E-state index in [0.29, 0.717) is 0 Å². The quantitative estimate of drug-likeness (QED) is 0.890. The number of ether oxygens (including phenoxy) is 3. The molecule has 0 amide bonds. The summed E-state index contributed by atoms with van der Waals surface area (Å²) in [5.74, 6) is 1.64. The Kier molecular flexibility index (Phi) is 5.69. The van der Waals surface area contributed by atoms with Crippen molar-refractivity contribution in [1.29, 1.82) is 0 Å². The monoisotopic (exact) mass is 343 g/mol. The Balaban J connectivity index is 2.36. The first-order valence-electron chi connectivity index (χ1n) is 6.91. The molecule has 20 heavy (non-hydrogen) atoms. The van der Waals surface area contributed by atoms with Crippen molar-refractivity contribution in [2.24, 2.45) is 0 Å². The van der Waals surface area contributed by atoms with Gasteiger partial charge in [-0.2, -0.15) is 0 Å². The van der Waals surface area contributed by atoms with Crippen molar-refractivity contribution in [3.05, 3.63) is 22.2 Å². The van der Waals surface area contributed by atoms with Crippen LogP contribution in [0.4, 0.5) is 0 Å². The van der Waals surface area contributed by atoms with Gasteiger partial charge in [-0.15, -0.1) is 0 Å². The lowest BCUT2D eigenvalue weighted by molar-refractivity contribution is -0.00708. The zero-order valence-electron chi connectivity index (χ0n) is 12.2. The fourth-order valence-electron chi connectivity index (χ4n) is 2.70. The van der Waals surface area contributed by atoms with Gasteiger partial charge in [0.2, 0.25) is 0 Å². The summed E-state index contributed by atoms with van der Waals surface area (Å²) in [6, 6.07) is 4.07. The summed E-state index contributed by atoms with van der Waals surface area (Å²) in [5, 5.41) is 3.36. The van der Waals surface area contributed by atoms with Crippen molar-refractivity contribution in [3.8, 4) is 11.5 Å². The molecule has 0 bridgehead atoms. The molecule has 1 heterocycles. The molecule has 112 valence electrons. The molecule has 0 spiro atoms. The largest absolute Gasteiger partial charge is 0.496 e. The van der Waals surface area contributed by atoms with Gasteiger partial charge < -0.3 is 19.5 Å². The highest BCUT2D eigenvalue weighted by Crippen LogP contribution is 2.38. The summed E-state index contributed by atoms with van der Waals surface area (Å²) in [4.78, 5) is 0. The Bertz CT molecular complexity index is 447. The second-order valence-corrected chi connectivity index (χ2v) is 5.75. The summed E-state index contributed by atoms with van der Waals surface area (Å²) >= 11 is 3.49. The first kappa shape index (κ1) is 15.6. The van der Waals surface area contributed by atoms with Gasteiger partial charge >= 0.3 is 0 Å². The van der Waals surface area contributed by atoms with Crippen LogP contribution in [0.5, 0.6) is 11.5 Å². The van der Waals surface area contributed by atoms with Crippen molar-refractivity contribution in [2.75, 3.05) is 27.9 Å². The minimum Gasteiger partial charge on any atom is -0.496 e. The van der Waals surface area contributed by atoms with Crippen LogP contribution in [0.2, 0.25) is 0 Å². The first-order valence-corrected chi connectivity index (χ1v) is 7.70. The Morgan fingerprint density at radius 1 is 1.25 bits per heavy atom. The third-order valence-corrected chi connectivity index (χ3v) is 4.36. The Hall–Kier alpha value is -0.780. The molecule has 0 saturated carbocycles. The number of methoxy groups -OCH3 is 2. The molecule has 1 aliphatic rings. The average molecular weight is 344 g/mol. The minimum absolute atomic E-state index is 0.104. The van der Waals surface area contributed by atoms with Crippen LogP contribution in [0, 0.1) is 0 Å². The third kappa shape index (κ3) is 3.27. The molecule has 1 aromatic carbocycles. The van der Waals surface area contributed by atoms with Crippen molar-refractivity contribution in [2.45, 2.75) is 31.4 Å². The summed E-state index contributed by atoms with van der Waals surface area (Å²) in [6.45, 7) is 0.832. The average Bonchev–Trinajstić information content (AvgIpc) is 2.50. The van der Waals surface area contributed by atoms with Crippen molar-refractivity contribution in [1.82, 2.24) is 5.32 Å². The maximum Gasteiger partial charge on any atom is 0.133 e. The van der Waals surface area contributed by atoms with Gasteiger partial charge in [-0.3, -0.25) is 0 Å². The highest BCUT2D eigenvalue weighted by molar-refractivity contribution is 9.10. The van der Waals surface area contributed by atoms with Crippen molar-refractivity contribution >= 4 is 15.9 Å². The molecule has 2 unspecified atom stereocenters. The molecule has 1 saturated heterocycles. The van der Waals surface area contributed by atoms with Gasteiger partial charge in [0.25, 0.3) is 0 Å². The maximum atomic E-state index is 5.92. The van der Waals surface area contributed by atoms with E-state index in [-0.39, 0.29) is 12.1 Å². The number of halogens is 1. The van der Waals surface area contributed by atoms with E-state index in [1.807, 2.05) is 19.2 Å². The summed E-state index contributed by atoms with van der Waals surface area (Å²) in [5.41, 5.74) is 1.07. The predicted molar refractivity (Wildman–Crippen MR) is 82.6 cm³/mol. The molecule has 1 aromatic rings. The molecule has 1 aliphatic heterocycles. The number of nitrogens with one attached hydrogen (secondary N) is 1. The summed E-state index contributed by atoms with van der Waals surface area (Å²) in [6.07, 6.45) is 3.59. The lowest BCUT2D eigenvalue weighted by Gasteiger charge is -2.31. The SMILES string of the molecule is CNC(c1cc(OC)c(Br)cc1OC)C1CCCCO1. The van der Waals surface area contributed by atoms with Crippen LogP contribution in [0.25, 0.3) is 0 Å². The number of benzene rings is 1. The molecule has 0 aromatic heterocycles. The fourth-order valence-corrected chi connectivity index (χ4v) is 3.18. The Morgan fingerprint density at radius 2 is 2.00 bits per heavy atom. The number of rotatable bonds is 5. The van der Waals surface area contributed by atoms with Gasteiger partial charge in [-0.25, -0.2) is 0 Å². The second-order valence-electron chi connectivity index (χ2n) is 4.90. The van der Waals surface area contributed by atoms with Gasteiger partial charge in [-0.1, -0.05) is 0 Å². The molecule has 0 aliphatic carbocycles. The Morgan fingerprint density at radius 3 is 2.55 bits per heavy atom. The fraction of sp³-hybridized carbons (Fsp3) is 0.600. The predicted octanol–water partition coefficient (Wildman–Crippen LogP) is 3.30. The van der Waals surface area contributed by atoms with Gasteiger partial charge in [0.1, 0.15) is 11.5 Å². The van der Waals surface area contributed by atoms with E-state index in [4.69, 9.17) is 14.2 Å². The van der Waals surface area contributed by atoms with E-state index in [2.05, 4.69) is 21.2 Å². The van der Waals surface area contributed by atoms with Gasteiger partial charge in [0, 0.05) is 12.2 Å². The van der Waals surface area contributed by atoms with Crippen LogP contribution in [-0.2, 0) is 4.74 Å². The topological polar surface area (TPSA) is 39.7 Å². The smallest absolute Gasteiger partial charge is 0.133 e. The number of likely N-dealkylation sites (N-methyl/N-ethyl adjacent to an activating group) is 1. The van der Waals surface area contributed by atoms with E-state index < -0.39 is 0 Å². The van der Waals surface area contributed by atoms with Crippen LogP contribution in [0.15, 0.2) is 16.6 Å². The zero-order valence-corrected chi connectivity index (χ0v) is 13.8. The molecular weight excluding hydrogens is 322 g/mol. The standard InChI is InChI=1S/C15H22BrNO3/c1-17-15(12-6-4-5-7-20-12)10-8-14(19-3)11(16)9-13(10)18-2/h8-9,12,15,17H,4-7H2,1-3H3. The van der Waals surface area contributed by atoms with Crippen LogP contribution in [0.1, 0.15) is 30.9 Å². The van der Waals surface area contributed by atoms with Gasteiger partial charge in [0.05, 0.1) is 30.8 Å². The first-order chi connectivity index (χ1) is 9.71. The van der Waals surface area contributed by atoms with E-state index in [0.717, 1.165) is 41.0 Å². The molecule has 2 atom stereocenters. The molecule has 1 fully saturated rings. The van der Waals surface area contributed by atoms with Crippen LogP contribution < -0.4 is 14.8 Å². The lowest BCUT2D eigenvalue weighted by Crippen LogP contribution is -2.34. The van der Waals surface area contributed by atoms with Crippen molar-refractivity contribution < 1.29 is 14.2 Å². The molecule has 0 radical (unpaired) electrons. The number of hydrogen-bond donors (Lipinski definition) is 1. The van der Waals surface area contributed by atoms with Gasteiger partial charge in [0.15, 0.2) is 0 Å². The maximum absolute atomic E-state index is 5.92. The number of hydrogen-bond acceptors (Lipinski definition) is 4. The van der Waals surface area contributed by atoms with E-state index in [9.17, 15) is 0 Å². The molecular formula is C15H22BrNO3. The third-order valence-electron chi connectivity index (χ3n) is 3.74. The highest BCUT2D eigenvalue weighted by Gasteiger charge is 2.28. The molecule has 4 nitrogen and oxygen atoms in total. The van der Waals surface area contributed by atoms with E-state index in [1.165, 1.54) is 6.42 Å². The Labute approximate surface area is 128 Å². The van der Waals surface area contributed by atoms with Crippen LogP contribution in [-0.4, -0.2) is 34.0 Å². The highest BCUT2D eigenvalue weighted by atomic mass is 79.9. The minimum atomic E-state index is 0.104.